The van der Waals surface area contributed by atoms with Crippen LogP contribution >= 0.6 is 0 Å². The molecule has 1 rings (SSSR count). The van der Waals surface area contributed by atoms with E-state index in [1.54, 1.807) is 18.2 Å². The van der Waals surface area contributed by atoms with E-state index in [-0.39, 0.29) is 0 Å². The van der Waals surface area contributed by atoms with Crippen molar-refractivity contribution in [1.29, 1.82) is 10.5 Å². The zero-order chi connectivity index (χ0) is 12.5. The molecule has 0 unspecified atom stereocenters. The lowest BCUT2D eigenvalue weighted by Crippen LogP contribution is -2.07. The Morgan fingerprint density at radius 1 is 1.29 bits per heavy atom. The summed E-state index contributed by atoms with van der Waals surface area (Å²) in [6, 6.07) is 9.28. The van der Waals surface area contributed by atoms with Gasteiger partial charge in [0.15, 0.2) is 0 Å². The topological polar surface area (TPSA) is 68.8 Å². The molecule has 1 aromatic carbocycles. The van der Waals surface area contributed by atoms with Crippen molar-refractivity contribution < 1.29 is 4.74 Å². The zero-order valence-electron chi connectivity index (χ0n) is 9.86. The number of nitrogens with zero attached hydrogens (tertiary/aromatic N) is 2. The maximum absolute atomic E-state index is 9.01. The largest absolute Gasteiger partial charge is 0.384 e. The Morgan fingerprint density at radius 3 is 2.76 bits per heavy atom. The summed E-state index contributed by atoms with van der Waals surface area (Å²) in [4.78, 5) is 0. The number of anilines is 1. The van der Waals surface area contributed by atoms with Crippen LogP contribution in [0.4, 0.5) is 5.69 Å². The van der Waals surface area contributed by atoms with Crippen molar-refractivity contribution in [2.75, 3.05) is 25.1 Å². The van der Waals surface area contributed by atoms with Crippen LogP contribution in [0.5, 0.6) is 0 Å². The van der Waals surface area contributed by atoms with E-state index in [1.807, 2.05) is 13.0 Å². The average molecular weight is 229 g/mol. The highest BCUT2D eigenvalue weighted by atomic mass is 16.5. The van der Waals surface area contributed by atoms with Crippen LogP contribution in [0, 0.1) is 22.7 Å². The van der Waals surface area contributed by atoms with Gasteiger partial charge in [0, 0.05) is 19.8 Å². The smallest absolute Gasteiger partial charge is 0.103 e. The summed E-state index contributed by atoms with van der Waals surface area (Å²) in [6.45, 7) is 4.10. The Balaban J connectivity index is 2.60. The van der Waals surface area contributed by atoms with Crippen molar-refractivity contribution >= 4 is 5.69 Å². The SMILES string of the molecule is CCOCCCNc1cccc(C#N)c1C#N. The number of ether oxygens (including phenoxy) is 1. The minimum absolute atomic E-state index is 0.405. The maximum Gasteiger partial charge on any atom is 0.103 e. The van der Waals surface area contributed by atoms with E-state index in [1.165, 1.54) is 0 Å². The lowest BCUT2D eigenvalue weighted by atomic mass is 10.1. The maximum atomic E-state index is 9.01. The lowest BCUT2D eigenvalue weighted by molar-refractivity contribution is 0.147. The molecule has 0 aromatic heterocycles. The van der Waals surface area contributed by atoms with E-state index >= 15 is 0 Å². The number of nitrogens with one attached hydrogen (secondary N) is 1. The number of nitriles is 2. The summed E-state index contributed by atoms with van der Waals surface area (Å²) >= 11 is 0. The Morgan fingerprint density at radius 2 is 2.12 bits per heavy atom. The minimum atomic E-state index is 0.405. The Hall–Kier alpha value is -2.04. The van der Waals surface area contributed by atoms with Gasteiger partial charge in [0.25, 0.3) is 0 Å². The highest BCUT2D eigenvalue weighted by molar-refractivity contribution is 5.63. The summed E-state index contributed by atoms with van der Waals surface area (Å²) in [5, 5.41) is 21.0. The first-order valence-electron chi connectivity index (χ1n) is 5.58. The van der Waals surface area contributed by atoms with Crippen LogP contribution in [0.2, 0.25) is 0 Å². The summed E-state index contributed by atoms with van der Waals surface area (Å²) in [5.41, 5.74) is 1.52. The molecular weight excluding hydrogens is 214 g/mol. The van der Waals surface area contributed by atoms with E-state index in [0.29, 0.717) is 30.0 Å². The van der Waals surface area contributed by atoms with Crippen molar-refractivity contribution in [3.63, 3.8) is 0 Å². The second-order valence-corrected chi connectivity index (χ2v) is 3.43. The van der Waals surface area contributed by atoms with Gasteiger partial charge in [-0.25, -0.2) is 0 Å². The third-order valence-corrected chi connectivity index (χ3v) is 2.28. The summed E-state index contributed by atoms with van der Waals surface area (Å²) in [7, 11) is 0. The first-order valence-corrected chi connectivity index (χ1v) is 5.58. The fourth-order valence-corrected chi connectivity index (χ4v) is 1.45. The molecule has 17 heavy (non-hydrogen) atoms. The monoisotopic (exact) mass is 229 g/mol. The summed E-state index contributed by atoms with van der Waals surface area (Å²) in [5.74, 6) is 0. The highest BCUT2D eigenvalue weighted by Crippen LogP contribution is 2.18. The molecule has 0 aliphatic heterocycles. The predicted octanol–water partition coefficient (Wildman–Crippen LogP) is 2.27. The van der Waals surface area contributed by atoms with Gasteiger partial charge >= 0.3 is 0 Å². The van der Waals surface area contributed by atoms with Gasteiger partial charge in [-0.15, -0.1) is 0 Å². The molecule has 1 N–H and O–H groups in total. The van der Waals surface area contributed by atoms with Crippen molar-refractivity contribution in [1.82, 2.24) is 0 Å². The fraction of sp³-hybridized carbons (Fsp3) is 0.385. The van der Waals surface area contributed by atoms with Crippen molar-refractivity contribution in [2.24, 2.45) is 0 Å². The van der Waals surface area contributed by atoms with E-state index in [9.17, 15) is 0 Å². The lowest BCUT2D eigenvalue weighted by Gasteiger charge is -2.08. The highest BCUT2D eigenvalue weighted by Gasteiger charge is 2.06. The number of benzene rings is 1. The quantitative estimate of drug-likeness (QED) is 0.760. The van der Waals surface area contributed by atoms with E-state index in [0.717, 1.165) is 13.0 Å². The van der Waals surface area contributed by atoms with E-state index in [2.05, 4.69) is 11.4 Å². The molecule has 0 bridgehead atoms. The molecule has 0 aliphatic rings. The molecule has 4 nitrogen and oxygen atoms in total. The number of hydrogen-bond donors (Lipinski definition) is 1. The van der Waals surface area contributed by atoms with Crippen molar-refractivity contribution in [3.05, 3.63) is 29.3 Å². The molecule has 0 saturated heterocycles. The first kappa shape index (κ1) is 13.0. The van der Waals surface area contributed by atoms with Crippen molar-refractivity contribution in [3.8, 4) is 12.1 Å². The molecule has 1 aromatic rings. The van der Waals surface area contributed by atoms with Crippen LogP contribution < -0.4 is 5.32 Å². The van der Waals surface area contributed by atoms with Gasteiger partial charge in [0.1, 0.15) is 12.1 Å². The van der Waals surface area contributed by atoms with Crippen LogP contribution in [0.1, 0.15) is 24.5 Å². The molecule has 0 fully saturated rings. The van der Waals surface area contributed by atoms with Crippen molar-refractivity contribution in [2.45, 2.75) is 13.3 Å². The van der Waals surface area contributed by atoms with Crippen LogP contribution in [-0.2, 0) is 4.74 Å². The Kier molecular flexibility index (Phi) is 5.57. The Bertz CT molecular complexity index is 443. The zero-order valence-corrected chi connectivity index (χ0v) is 9.86. The van der Waals surface area contributed by atoms with Gasteiger partial charge in [-0.1, -0.05) is 6.07 Å². The third kappa shape index (κ3) is 3.79. The number of hydrogen-bond acceptors (Lipinski definition) is 4. The molecule has 4 heteroatoms. The van der Waals surface area contributed by atoms with Gasteiger partial charge in [-0.2, -0.15) is 10.5 Å². The number of rotatable bonds is 6. The van der Waals surface area contributed by atoms with Gasteiger partial charge in [-0.05, 0) is 25.5 Å². The molecule has 88 valence electrons. The second-order valence-electron chi connectivity index (χ2n) is 3.43. The third-order valence-electron chi connectivity index (χ3n) is 2.28. The fourth-order valence-electron chi connectivity index (χ4n) is 1.45. The van der Waals surface area contributed by atoms with E-state index < -0.39 is 0 Å². The average Bonchev–Trinajstić information content (AvgIpc) is 2.38. The summed E-state index contributed by atoms with van der Waals surface area (Å²) < 4.78 is 5.22. The standard InChI is InChI=1S/C13H15N3O/c1-2-17-8-4-7-16-13-6-3-5-11(9-14)12(13)10-15/h3,5-6,16H,2,4,7-8H2,1H3. The minimum Gasteiger partial charge on any atom is -0.384 e. The molecule has 0 saturated carbocycles. The van der Waals surface area contributed by atoms with Crippen LogP contribution in [0.3, 0.4) is 0 Å². The molecule has 0 radical (unpaired) electrons. The van der Waals surface area contributed by atoms with Crippen LogP contribution in [0.15, 0.2) is 18.2 Å². The summed E-state index contributed by atoms with van der Waals surface area (Å²) in [6.07, 6.45) is 0.871. The molecule has 0 heterocycles. The first-order chi connectivity index (χ1) is 8.33. The molecule has 0 atom stereocenters. The van der Waals surface area contributed by atoms with Gasteiger partial charge < -0.3 is 10.1 Å². The molecule has 0 aliphatic carbocycles. The molecular formula is C13H15N3O. The van der Waals surface area contributed by atoms with Gasteiger partial charge in [0.05, 0.1) is 16.8 Å². The molecule has 0 spiro atoms. The van der Waals surface area contributed by atoms with Crippen LogP contribution in [-0.4, -0.2) is 19.8 Å². The van der Waals surface area contributed by atoms with Gasteiger partial charge in [0.2, 0.25) is 0 Å². The normalized spacial score (nSPS) is 9.35. The van der Waals surface area contributed by atoms with Gasteiger partial charge in [-0.3, -0.25) is 0 Å². The Labute approximate surface area is 101 Å². The van der Waals surface area contributed by atoms with E-state index in [4.69, 9.17) is 15.3 Å². The second kappa shape index (κ2) is 7.27. The molecule has 0 amide bonds. The predicted molar refractivity (Wildman–Crippen MR) is 65.5 cm³/mol. The van der Waals surface area contributed by atoms with Crippen LogP contribution in [0.25, 0.3) is 0 Å².